The number of carbonyl (C=O) groups excluding carboxylic acids is 3. The highest BCUT2D eigenvalue weighted by molar-refractivity contribution is 5.71. The predicted octanol–water partition coefficient (Wildman–Crippen LogP) is 20.3. The van der Waals surface area contributed by atoms with Crippen LogP contribution in [-0.4, -0.2) is 37.2 Å². The number of hydrogen-bond acceptors (Lipinski definition) is 6. The van der Waals surface area contributed by atoms with Gasteiger partial charge in [-0.3, -0.25) is 14.4 Å². The molecule has 68 heavy (non-hydrogen) atoms. The molecule has 0 saturated heterocycles. The van der Waals surface area contributed by atoms with Gasteiger partial charge in [0.15, 0.2) is 6.10 Å². The van der Waals surface area contributed by atoms with Gasteiger partial charge in [0.05, 0.1) is 0 Å². The average Bonchev–Trinajstić information content (AvgIpc) is 3.34. The van der Waals surface area contributed by atoms with E-state index in [-0.39, 0.29) is 31.1 Å². The van der Waals surface area contributed by atoms with Crippen LogP contribution < -0.4 is 0 Å². The van der Waals surface area contributed by atoms with E-state index in [2.05, 4.69) is 45.1 Å². The predicted molar refractivity (Wildman–Crippen MR) is 293 cm³/mol. The molecule has 0 saturated carbocycles. The normalized spacial score (nSPS) is 12.1. The summed E-state index contributed by atoms with van der Waals surface area (Å²) in [5.41, 5.74) is 0. The molecule has 0 aromatic heterocycles. The van der Waals surface area contributed by atoms with E-state index in [9.17, 15) is 14.4 Å². The summed E-state index contributed by atoms with van der Waals surface area (Å²) in [6, 6.07) is 0. The minimum absolute atomic E-state index is 0.0687. The van der Waals surface area contributed by atoms with Crippen molar-refractivity contribution in [1.82, 2.24) is 0 Å². The lowest BCUT2D eigenvalue weighted by molar-refractivity contribution is -0.167. The third-order valence-electron chi connectivity index (χ3n) is 13.7. The quantitative estimate of drug-likeness (QED) is 0.0262. The standard InChI is InChI=1S/C62H116O6/c1-4-7-10-13-16-19-22-25-28-30-31-33-34-37-40-43-46-49-52-55-61(64)67-58-59(57-66-60(63)54-51-48-45-42-39-36-27-24-21-18-15-12-9-6-3)68-62(65)56-53-50-47-44-41-38-35-32-29-26-23-20-17-14-11-8-5-2/h17,20,26,29,59H,4-16,18-19,21-25,27-28,30-58H2,1-3H3/b20-17-,29-26-. The number of unbranched alkanes of at least 4 members (excludes halogenated alkanes) is 41. The summed E-state index contributed by atoms with van der Waals surface area (Å²) in [5, 5.41) is 0. The SMILES string of the molecule is CCCCC/C=C\C/C=C\CCCCCCCCCC(=O)OC(COC(=O)CCCCCCCCCCCCCCCC)COC(=O)CCCCCCCCCCCCCCCCCCCCC. The van der Waals surface area contributed by atoms with Crippen LogP contribution in [0.15, 0.2) is 24.3 Å². The van der Waals surface area contributed by atoms with Gasteiger partial charge in [-0.25, -0.2) is 0 Å². The van der Waals surface area contributed by atoms with Crippen molar-refractivity contribution in [3.8, 4) is 0 Å². The van der Waals surface area contributed by atoms with Crippen LogP contribution in [-0.2, 0) is 28.6 Å². The Labute approximate surface area is 423 Å². The largest absolute Gasteiger partial charge is 0.462 e. The highest BCUT2D eigenvalue weighted by Crippen LogP contribution is 2.17. The molecule has 0 rings (SSSR count). The third kappa shape index (κ3) is 54.8. The summed E-state index contributed by atoms with van der Waals surface area (Å²) in [7, 11) is 0. The third-order valence-corrected chi connectivity index (χ3v) is 13.7. The van der Waals surface area contributed by atoms with Crippen molar-refractivity contribution in [1.29, 1.82) is 0 Å². The number of allylic oxidation sites excluding steroid dienone is 4. The lowest BCUT2D eigenvalue weighted by Gasteiger charge is -2.18. The zero-order valence-corrected chi connectivity index (χ0v) is 45.9. The van der Waals surface area contributed by atoms with E-state index >= 15 is 0 Å². The number of esters is 3. The van der Waals surface area contributed by atoms with Crippen LogP contribution in [0.2, 0.25) is 0 Å². The van der Waals surface area contributed by atoms with Crippen molar-refractivity contribution in [2.24, 2.45) is 0 Å². The van der Waals surface area contributed by atoms with E-state index in [4.69, 9.17) is 14.2 Å². The monoisotopic (exact) mass is 957 g/mol. The van der Waals surface area contributed by atoms with Crippen LogP contribution in [0.4, 0.5) is 0 Å². The second kappa shape index (κ2) is 57.5. The lowest BCUT2D eigenvalue weighted by atomic mass is 10.0. The Morgan fingerprint density at radius 3 is 0.838 bits per heavy atom. The average molecular weight is 958 g/mol. The van der Waals surface area contributed by atoms with Gasteiger partial charge in [-0.15, -0.1) is 0 Å². The molecule has 0 amide bonds. The van der Waals surface area contributed by atoms with Crippen LogP contribution in [0.1, 0.15) is 335 Å². The van der Waals surface area contributed by atoms with Gasteiger partial charge in [0.2, 0.25) is 0 Å². The number of carbonyl (C=O) groups is 3. The van der Waals surface area contributed by atoms with E-state index < -0.39 is 6.10 Å². The second-order valence-electron chi connectivity index (χ2n) is 20.6. The van der Waals surface area contributed by atoms with Crippen LogP contribution in [0, 0.1) is 0 Å². The Kier molecular flexibility index (Phi) is 55.7. The van der Waals surface area contributed by atoms with E-state index in [1.807, 2.05) is 0 Å². The van der Waals surface area contributed by atoms with Gasteiger partial charge in [0.1, 0.15) is 13.2 Å². The molecule has 1 unspecified atom stereocenters. The van der Waals surface area contributed by atoms with E-state index in [0.29, 0.717) is 19.3 Å². The summed E-state index contributed by atoms with van der Waals surface area (Å²) in [5.74, 6) is -0.852. The van der Waals surface area contributed by atoms with Crippen molar-refractivity contribution in [3.63, 3.8) is 0 Å². The highest BCUT2D eigenvalue weighted by atomic mass is 16.6. The summed E-state index contributed by atoms with van der Waals surface area (Å²) in [4.78, 5) is 38.2. The van der Waals surface area contributed by atoms with Crippen molar-refractivity contribution < 1.29 is 28.6 Å². The molecular weight excluding hydrogens is 841 g/mol. The van der Waals surface area contributed by atoms with Gasteiger partial charge in [-0.05, 0) is 51.4 Å². The zero-order valence-electron chi connectivity index (χ0n) is 45.9. The van der Waals surface area contributed by atoms with E-state index in [1.54, 1.807) is 0 Å². The number of hydrogen-bond donors (Lipinski definition) is 0. The van der Waals surface area contributed by atoms with Crippen molar-refractivity contribution in [3.05, 3.63) is 24.3 Å². The summed E-state index contributed by atoms with van der Waals surface area (Å²) in [6.45, 7) is 6.67. The topological polar surface area (TPSA) is 78.9 Å². The molecular formula is C62H116O6. The van der Waals surface area contributed by atoms with Gasteiger partial charge in [-0.1, -0.05) is 289 Å². The van der Waals surface area contributed by atoms with Crippen LogP contribution in [0.3, 0.4) is 0 Å². The maximum absolute atomic E-state index is 12.9. The molecule has 0 spiro atoms. The lowest BCUT2D eigenvalue weighted by Crippen LogP contribution is -2.30. The fourth-order valence-corrected chi connectivity index (χ4v) is 9.12. The molecule has 0 aliphatic heterocycles. The fraction of sp³-hybridized carbons (Fsp3) is 0.887. The van der Waals surface area contributed by atoms with E-state index in [0.717, 1.165) is 70.6 Å². The Balaban J connectivity index is 4.31. The molecule has 0 heterocycles. The molecule has 1 atom stereocenters. The van der Waals surface area contributed by atoms with Gasteiger partial charge >= 0.3 is 17.9 Å². The molecule has 0 aliphatic rings. The van der Waals surface area contributed by atoms with Crippen LogP contribution in [0.25, 0.3) is 0 Å². The van der Waals surface area contributed by atoms with Crippen LogP contribution in [0.5, 0.6) is 0 Å². The zero-order chi connectivity index (χ0) is 49.3. The first-order valence-electron chi connectivity index (χ1n) is 30.3. The van der Waals surface area contributed by atoms with Gasteiger partial charge in [0.25, 0.3) is 0 Å². The molecule has 0 bridgehead atoms. The smallest absolute Gasteiger partial charge is 0.306 e. The molecule has 0 aromatic rings. The first-order chi connectivity index (χ1) is 33.5. The first-order valence-corrected chi connectivity index (χ1v) is 30.3. The summed E-state index contributed by atoms with van der Waals surface area (Å²) >= 11 is 0. The van der Waals surface area contributed by atoms with E-state index in [1.165, 1.54) is 225 Å². The summed E-state index contributed by atoms with van der Waals surface area (Å²) in [6.07, 6.45) is 67.4. The van der Waals surface area contributed by atoms with Crippen molar-refractivity contribution >= 4 is 17.9 Å². The molecule has 400 valence electrons. The first kappa shape index (κ1) is 65.9. The maximum Gasteiger partial charge on any atom is 0.306 e. The molecule has 0 aromatic carbocycles. The maximum atomic E-state index is 12.9. The fourth-order valence-electron chi connectivity index (χ4n) is 9.12. The van der Waals surface area contributed by atoms with Gasteiger partial charge in [-0.2, -0.15) is 0 Å². The molecule has 0 fully saturated rings. The Morgan fingerprint density at radius 2 is 0.529 bits per heavy atom. The molecule has 0 aliphatic carbocycles. The number of rotatable bonds is 56. The van der Waals surface area contributed by atoms with Gasteiger partial charge < -0.3 is 14.2 Å². The molecule has 6 heteroatoms. The van der Waals surface area contributed by atoms with Crippen LogP contribution >= 0.6 is 0 Å². The van der Waals surface area contributed by atoms with Crippen molar-refractivity contribution in [2.45, 2.75) is 341 Å². The summed E-state index contributed by atoms with van der Waals surface area (Å²) < 4.78 is 16.9. The minimum Gasteiger partial charge on any atom is -0.462 e. The molecule has 6 nitrogen and oxygen atoms in total. The van der Waals surface area contributed by atoms with Gasteiger partial charge in [0, 0.05) is 19.3 Å². The Hall–Kier alpha value is -2.11. The van der Waals surface area contributed by atoms with Crippen molar-refractivity contribution in [2.75, 3.05) is 13.2 Å². The second-order valence-corrected chi connectivity index (χ2v) is 20.6. The highest BCUT2D eigenvalue weighted by Gasteiger charge is 2.19. The minimum atomic E-state index is -0.771. The Bertz CT molecular complexity index is 1100. The molecule has 0 N–H and O–H groups in total. The number of ether oxygens (including phenoxy) is 3. The molecule has 0 radical (unpaired) electrons. The Morgan fingerprint density at radius 1 is 0.294 bits per heavy atom.